The zero-order valence-electron chi connectivity index (χ0n) is 16.0. The van der Waals surface area contributed by atoms with E-state index in [0.717, 1.165) is 22.3 Å². The summed E-state index contributed by atoms with van der Waals surface area (Å²) in [6.45, 7) is 6.49. The van der Waals surface area contributed by atoms with E-state index in [9.17, 15) is 9.59 Å². The van der Waals surface area contributed by atoms with Crippen molar-refractivity contribution in [1.82, 2.24) is 9.88 Å². The number of hydrogen-bond donors (Lipinski definition) is 2. The molecule has 140 valence electrons. The van der Waals surface area contributed by atoms with Gasteiger partial charge in [0.2, 0.25) is 11.8 Å². The second-order valence-corrected chi connectivity index (χ2v) is 7.04. The lowest BCUT2D eigenvalue weighted by Crippen LogP contribution is -2.37. The maximum absolute atomic E-state index is 12.2. The fourth-order valence-corrected chi connectivity index (χ4v) is 3.18. The predicted octanol–water partition coefficient (Wildman–Crippen LogP) is 3.79. The van der Waals surface area contributed by atoms with Gasteiger partial charge in [0.05, 0.1) is 0 Å². The van der Waals surface area contributed by atoms with Gasteiger partial charge < -0.3 is 15.2 Å². The molecule has 2 N–H and O–H groups in total. The first-order valence-electron chi connectivity index (χ1n) is 9.13. The average Bonchev–Trinajstić information content (AvgIpc) is 3.01. The van der Waals surface area contributed by atoms with Crippen molar-refractivity contribution in [3.63, 3.8) is 0 Å². The third-order valence-corrected chi connectivity index (χ3v) is 4.55. The van der Waals surface area contributed by atoms with Crippen LogP contribution in [0.4, 0.5) is 5.69 Å². The molecule has 1 aromatic heterocycles. The summed E-state index contributed by atoms with van der Waals surface area (Å²) in [6, 6.07) is 16.0. The number of nitrogens with zero attached hydrogens (tertiary/aromatic N) is 1. The molecule has 0 saturated heterocycles. The number of aromatic nitrogens is 1. The predicted molar refractivity (Wildman–Crippen MR) is 109 cm³/mol. The van der Waals surface area contributed by atoms with Crippen LogP contribution in [0.1, 0.15) is 24.5 Å². The fourth-order valence-electron chi connectivity index (χ4n) is 3.18. The van der Waals surface area contributed by atoms with Crippen molar-refractivity contribution >= 4 is 28.4 Å². The van der Waals surface area contributed by atoms with Crippen LogP contribution in [-0.4, -0.2) is 22.4 Å². The first-order valence-corrected chi connectivity index (χ1v) is 9.13. The van der Waals surface area contributed by atoms with Gasteiger partial charge in [-0.05, 0) is 55.5 Å². The van der Waals surface area contributed by atoms with E-state index in [-0.39, 0.29) is 24.3 Å². The van der Waals surface area contributed by atoms with Crippen molar-refractivity contribution < 1.29 is 9.59 Å². The smallest absolute Gasteiger partial charge is 0.233 e. The van der Waals surface area contributed by atoms with E-state index >= 15 is 0 Å². The van der Waals surface area contributed by atoms with Gasteiger partial charge >= 0.3 is 0 Å². The van der Waals surface area contributed by atoms with Gasteiger partial charge in [-0.3, -0.25) is 9.59 Å². The van der Waals surface area contributed by atoms with Crippen LogP contribution < -0.4 is 10.6 Å². The minimum atomic E-state index is -0.306. The Bertz CT molecular complexity index is 975. The summed E-state index contributed by atoms with van der Waals surface area (Å²) in [5.74, 6) is -0.582. The Morgan fingerprint density at radius 3 is 2.63 bits per heavy atom. The van der Waals surface area contributed by atoms with E-state index in [1.807, 2.05) is 57.3 Å². The van der Waals surface area contributed by atoms with Crippen LogP contribution in [0.5, 0.6) is 0 Å². The summed E-state index contributed by atoms with van der Waals surface area (Å²) in [4.78, 5) is 24.4. The zero-order valence-corrected chi connectivity index (χ0v) is 16.0. The molecule has 2 amide bonds. The van der Waals surface area contributed by atoms with E-state index < -0.39 is 0 Å². The van der Waals surface area contributed by atoms with Crippen LogP contribution in [0, 0.1) is 13.8 Å². The average molecular weight is 363 g/mol. The summed E-state index contributed by atoms with van der Waals surface area (Å²) in [5.41, 5.74) is 3.92. The molecule has 0 unspecified atom stereocenters. The Balaban J connectivity index is 1.53. The van der Waals surface area contributed by atoms with Crippen molar-refractivity contribution in [1.29, 1.82) is 0 Å². The molecule has 27 heavy (non-hydrogen) atoms. The summed E-state index contributed by atoms with van der Waals surface area (Å²) in [6.07, 6.45) is 1.82. The Kier molecular flexibility index (Phi) is 5.60. The van der Waals surface area contributed by atoms with Crippen LogP contribution in [0.3, 0.4) is 0 Å². The van der Waals surface area contributed by atoms with Crippen LogP contribution in [0.2, 0.25) is 0 Å². The van der Waals surface area contributed by atoms with E-state index in [2.05, 4.69) is 33.4 Å². The van der Waals surface area contributed by atoms with Gasteiger partial charge in [0.1, 0.15) is 6.42 Å². The third kappa shape index (κ3) is 4.76. The van der Waals surface area contributed by atoms with Crippen LogP contribution >= 0.6 is 0 Å². The highest BCUT2D eigenvalue weighted by atomic mass is 16.2. The fraction of sp³-hybridized carbons (Fsp3) is 0.273. The van der Waals surface area contributed by atoms with E-state index in [1.165, 1.54) is 5.39 Å². The molecule has 3 aromatic rings. The Hall–Kier alpha value is -3.08. The molecule has 1 atom stereocenters. The van der Waals surface area contributed by atoms with Crippen LogP contribution in [-0.2, 0) is 16.1 Å². The molecular weight excluding hydrogens is 338 g/mol. The lowest BCUT2D eigenvalue weighted by atomic mass is 10.1. The van der Waals surface area contributed by atoms with Gasteiger partial charge in [0, 0.05) is 30.0 Å². The molecule has 5 nitrogen and oxygen atoms in total. The molecule has 0 saturated carbocycles. The van der Waals surface area contributed by atoms with Gasteiger partial charge in [-0.15, -0.1) is 0 Å². The highest BCUT2D eigenvalue weighted by Gasteiger charge is 2.14. The molecule has 3 rings (SSSR count). The highest BCUT2D eigenvalue weighted by Crippen LogP contribution is 2.17. The number of rotatable bonds is 6. The van der Waals surface area contributed by atoms with Crippen molar-refractivity contribution in [2.24, 2.45) is 0 Å². The van der Waals surface area contributed by atoms with E-state index in [0.29, 0.717) is 6.54 Å². The number of carbonyl (C=O) groups excluding carboxylic acids is 2. The number of para-hydroxylation sites is 1. The van der Waals surface area contributed by atoms with Gasteiger partial charge in [0.25, 0.3) is 0 Å². The van der Waals surface area contributed by atoms with Gasteiger partial charge in [-0.1, -0.05) is 30.3 Å². The Morgan fingerprint density at radius 2 is 1.81 bits per heavy atom. The number of aryl methyl sites for hydroxylation is 2. The van der Waals surface area contributed by atoms with Crippen molar-refractivity contribution in [3.8, 4) is 0 Å². The quantitative estimate of drug-likeness (QED) is 0.655. The summed E-state index contributed by atoms with van der Waals surface area (Å²) in [7, 11) is 0. The summed E-state index contributed by atoms with van der Waals surface area (Å²) < 4.78 is 2.11. The number of hydrogen-bond acceptors (Lipinski definition) is 2. The van der Waals surface area contributed by atoms with E-state index in [4.69, 9.17) is 0 Å². The zero-order chi connectivity index (χ0) is 19.4. The molecule has 5 heteroatoms. The van der Waals surface area contributed by atoms with Crippen molar-refractivity contribution in [2.75, 3.05) is 5.32 Å². The summed E-state index contributed by atoms with van der Waals surface area (Å²) in [5, 5.41) is 6.90. The standard InChI is InChI=1S/C22H25N3O2/c1-15-8-9-16(2)19(12-15)24-22(27)13-21(26)23-17(3)14-25-11-10-18-6-4-5-7-20(18)25/h4-12,17H,13-14H2,1-3H3,(H,23,26)(H,24,27)/t17-/m1/s1. The van der Waals surface area contributed by atoms with Crippen molar-refractivity contribution in [3.05, 3.63) is 65.9 Å². The monoisotopic (exact) mass is 363 g/mol. The van der Waals surface area contributed by atoms with Crippen LogP contribution in [0.25, 0.3) is 10.9 Å². The minimum absolute atomic E-state index is 0.0817. The lowest BCUT2D eigenvalue weighted by Gasteiger charge is -2.16. The molecule has 0 fully saturated rings. The topological polar surface area (TPSA) is 63.1 Å². The lowest BCUT2D eigenvalue weighted by molar-refractivity contribution is -0.127. The molecule has 0 aliphatic rings. The van der Waals surface area contributed by atoms with Gasteiger partial charge in [-0.2, -0.15) is 0 Å². The molecule has 0 aliphatic heterocycles. The Labute approximate surface area is 159 Å². The maximum atomic E-state index is 12.2. The normalized spacial score (nSPS) is 12.0. The Morgan fingerprint density at radius 1 is 1.04 bits per heavy atom. The number of carbonyl (C=O) groups is 2. The molecule has 0 radical (unpaired) electrons. The largest absolute Gasteiger partial charge is 0.351 e. The first-order chi connectivity index (χ1) is 12.9. The molecule has 0 spiro atoms. The minimum Gasteiger partial charge on any atom is -0.351 e. The maximum Gasteiger partial charge on any atom is 0.233 e. The molecule has 2 aromatic carbocycles. The van der Waals surface area contributed by atoms with Gasteiger partial charge in [-0.25, -0.2) is 0 Å². The molecule has 1 heterocycles. The third-order valence-electron chi connectivity index (χ3n) is 4.55. The number of nitrogens with one attached hydrogen (secondary N) is 2. The first kappa shape index (κ1) is 18.7. The number of benzene rings is 2. The number of fused-ring (bicyclic) bond motifs is 1. The molecular formula is C22H25N3O2. The SMILES string of the molecule is Cc1ccc(C)c(NC(=O)CC(=O)N[C@H](C)Cn2ccc3ccccc32)c1. The van der Waals surface area contributed by atoms with E-state index in [1.54, 1.807) is 0 Å². The summed E-state index contributed by atoms with van der Waals surface area (Å²) >= 11 is 0. The molecule has 0 aliphatic carbocycles. The van der Waals surface area contributed by atoms with Gasteiger partial charge in [0.15, 0.2) is 0 Å². The second kappa shape index (κ2) is 8.08. The number of amides is 2. The van der Waals surface area contributed by atoms with Crippen LogP contribution in [0.15, 0.2) is 54.7 Å². The highest BCUT2D eigenvalue weighted by molar-refractivity contribution is 6.03. The second-order valence-electron chi connectivity index (χ2n) is 7.04. The van der Waals surface area contributed by atoms with Crippen molar-refractivity contribution in [2.45, 2.75) is 39.8 Å². The molecule has 0 bridgehead atoms. The number of anilines is 1.